The first-order valence-electron chi connectivity index (χ1n) is 10.6. The van der Waals surface area contributed by atoms with Crippen LogP contribution in [0.3, 0.4) is 0 Å². The Morgan fingerprint density at radius 2 is 1.82 bits per heavy atom. The summed E-state index contributed by atoms with van der Waals surface area (Å²) >= 11 is 1.28. The van der Waals surface area contributed by atoms with E-state index < -0.39 is 35.9 Å². The number of thioether (sulfide) groups is 1. The summed E-state index contributed by atoms with van der Waals surface area (Å²) in [6.45, 7) is 4.78. The minimum Gasteiger partial charge on any atom is -0.388 e. The third-order valence-corrected chi connectivity index (χ3v) is 7.29. The lowest BCUT2D eigenvalue weighted by molar-refractivity contribution is -0.208. The number of hydrogen-bond acceptors (Lipinski definition) is 7. The predicted octanol–water partition coefficient (Wildman–Crippen LogP) is 0.466. The van der Waals surface area contributed by atoms with Crippen molar-refractivity contribution in [1.29, 1.82) is 0 Å². The van der Waals surface area contributed by atoms with Gasteiger partial charge in [0.1, 0.15) is 29.9 Å². The zero-order valence-corrected chi connectivity index (χ0v) is 17.9. The Bertz CT molecular complexity index is 531. The summed E-state index contributed by atoms with van der Waals surface area (Å²) < 4.78 is 5.88. The number of carbonyl (C=O) groups is 1. The first-order chi connectivity index (χ1) is 13.3. The molecule has 0 spiro atoms. The van der Waals surface area contributed by atoms with Crippen molar-refractivity contribution in [3.8, 4) is 0 Å². The van der Waals surface area contributed by atoms with Crippen LogP contribution >= 0.6 is 11.8 Å². The van der Waals surface area contributed by atoms with Crippen LogP contribution in [0.5, 0.6) is 0 Å². The molecule has 8 heteroatoms. The van der Waals surface area contributed by atoms with Crippen molar-refractivity contribution >= 4 is 17.7 Å². The van der Waals surface area contributed by atoms with Crippen LogP contribution in [0.2, 0.25) is 0 Å². The van der Waals surface area contributed by atoms with Crippen LogP contribution in [0, 0.1) is 17.8 Å². The van der Waals surface area contributed by atoms with Crippen LogP contribution in [0.4, 0.5) is 0 Å². The van der Waals surface area contributed by atoms with E-state index >= 15 is 0 Å². The summed E-state index contributed by atoms with van der Waals surface area (Å²) in [7, 11) is 0. The van der Waals surface area contributed by atoms with E-state index in [-0.39, 0.29) is 17.9 Å². The lowest BCUT2D eigenvalue weighted by Gasteiger charge is -2.44. The van der Waals surface area contributed by atoms with E-state index in [2.05, 4.69) is 10.6 Å². The molecule has 1 saturated carbocycles. The van der Waals surface area contributed by atoms with Gasteiger partial charge in [0.15, 0.2) is 0 Å². The maximum absolute atomic E-state index is 12.9. The average Bonchev–Trinajstić information content (AvgIpc) is 3.38. The number of hydrogen-bond donors (Lipinski definition) is 5. The van der Waals surface area contributed by atoms with E-state index in [9.17, 15) is 20.1 Å². The van der Waals surface area contributed by atoms with Crippen LogP contribution in [0.1, 0.15) is 46.0 Å². The molecular formula is C20H36N2O5S. The van der Waals surface area contributed by atoms with Gasteiger partial charge in [-0.3, -0.25) is 4.79 Å². The molecule has 7 nitrogen and oxygen atoms in total. The smallest absolute Gasteiger partial charge is 0.237 e. The second-order valence-corrected chi connectivity index (χ2v) is 9.97. The zero-order chi connectivity index (χ0) is 20.4. The van der Waals surface area contributed by atoms with Gasteiger partial charge in [-0.1, -0.05) is 33.1 Å². The minimum atomic E-state index is -1.30. The molecule has 2 aliphatic heterocycles. The third-order valence-electron chi connectivity index (χ3n) is 6.44. The maximum Gasteiger partial charge on any atom is 0.237 e. The highest BCUT2D eigenvalue weighted by molar-refractivity contribution is 7.99. The lowest BCUT2D eigenvalue weighted by atomic mass is 9.88. The Balaban J connectivity index is 1.58. The van der Waals surface area contributed by atoms with E-state index in [0.717, 1.165) is 18.9 Å². The maximum atomic E-state index is 12.9. The van der Waals surface area contributed by atoms with Gasteiger partial charge in [0, 0.05) is 0 Å². The average molecular weight is 417 g/mol. The molecular weight excluding hydrogens is 380 g/mol. The molecule has 3 fully saturated rings. The van der Waals surface area contributed by atoms with E-state index in [1.807, 2.05) is 13.8 Å². The Morgan fingerprint density at radius 3 is 2.43 bits per heavy atom. The molecule has 0 aromatic rings. The van der Waals surface area contributed by atoms with Crippen molar-refractivity contribution in [2.24, 2.45) is 17.8 Å². The molecule has 28 heavy (non-hydrogen) atoms. The van der Waals surface area contributed by atoms with Gasteiger partial charge in [-0.25, -0.2) is 0 Å². The van der Waals surface area contributed by atoms with Gasteiger partial charge in [0.05, 0.1) is 12.1 Å². The fourth-order valence-electron chi connectivity index (χ4n) is 4.36. The summed E-state index contributed by atoms with van der Waals surface area (Å²) in [4.78, 5) is 12.9. The first kappa shape index (κ1) is 22.3. The van der Waals surface area contributed by atoms with E-state index in [4.69, 9.17) is 4.74 Å². The number of ether oxygens (including phenoxy) is 1. The number of carbonyl (C=O) groups excluding carboxylic acids is 1. The molecule has 3 rings (SSSR count). The van der Waals surface area contributed by atoms with Crippen molar-refractivity contribution in [2.45, 2.75) is 87.9 Å². The molecule has 1 aliphatic carbocycles. The fourth-order valence-corrected chi connectivity index (χ4v) is 5.04. The molecule has 0 aromatic carbocycles. The molecule has 8 atom stereocenters. The minimum absolute atomic E-state index is 0.000570. The van der Waals surface area contributed by atoms with Crippen LogP contribution in [-0.2, 0) is 9.53 Å². The molecule has 0 aromatic heterocycles. The summed E-state index contributed by atoms with van der Waals surface area (Å²) in [6, 6.07) is -0.676. The highest BCUT2D eigenvalue weighted by atomic mass is 32.2. The number of nitrogens with one attached hydrogen (secondary N) is 2. The number of amides is 1. The monoisotopic (exact) mass is 416 g/mol. The molecule has 0 radical (unpaired) electrons. The summed E-state index contributed by atoms with van der Waals surface area (Å²) in [6.07, 6.45) is 3.31. The highest BCUT2D eigenvalue weighted by Gasteiger charge is 2.47. The molecule has 1 amide bonds. The van der Waals surface area contributed by atoms with Crippen molar-refractivity contribution in [3.63, 3.8) is 0 Å². The number of rotatable bonds is 8. The van der Waals surface area contributed by atoms with Crippen LogP contribution in [0.25, 0.3) is 0 Å². The van der Waals surface area contributed by atoms with Gasteiger partial charge in [0.25, 0.3) is 0 Å². The Morgan fingerprint density at radius 1 is 1.14 bits per heavy atom. The summed E-state index contributed by atoms with van der Waals surface area (Å²) in [5.41, 5.74) is -0.641. The van der Waals surface area contributed by atoms with E-state index in [1.54, 1.807) is 6.26 Å². The number of aliphatic hydroxyl groups is 3. The molecule has 2 heterocycles. The van der Waals surface area contributed by atoms with Gasteiger partial charge < -0.3 is 30.7 Å². The summed E-state index contributed by atoms with van der Waals surface area (Å²) in [5, 5.41) is 37.2. The quantitative estimate of drug-likeness (QED) is 0.391. The molecule has 8 unspecified atom stereocenters. The first-order valence-corrected chi connectivity index (χ1v) is 11.9. The van der Waals surface area contributed by atoms with Gasteiger partial charge in [-0.15, -0.1) is 11.8 Å². The van der Waals surface area contributed by atoms with Crippen LogP contribution in [-0.4, -0.2) is 76.0 Å². The van der Waals surface area contributed by atoms with Crippen molar-refractivity contribution in [3.05, 3.63) is 0 Å². The normalized spacial score (nSPS) is 39.9. The molecule has 162 valence electrons. The Labute approximate surface area is 172 Å². The largest absolute Gasteiger partial charge is 0.388 e. The predicted molar refractivity (Wildman–Crippen MR) is 109 cm³/mol. The fraction of sp³-hybridized carbons (Fsp3) is 0.950. The number of aliphatic hydroxyl groups excluding tert-OH is 3. The standard InChI is InChI=1S/C20H36N2O5S/c1-10(2)14(18-16(24)15(23)17(25)20(27-18)28-3)22-19(26)13-8-12(9-21-13)7-6-11-4-5-11/h10-18,20-21,23-25H,4-9H2,1-3H3,(H,22,26). The molecule has 2 saturated heterocycles. The SMILES string of the molecule is CSC1OC(C(NC(=O)C2CC(CCC3CC3)CN2)C(C)C)C(O)C(O)C1O. The summed E-state index contributed by atoms with van der Waals surface area (Å²) in [5.74, 6) is 1.38. The van der Waals surface area contributed by atoms with Gasteiger partial charge >= 0.3 is 0 Å². The highest BCUT2D eigenvalue weighted by Crippen LogP contribution is 2.36. The molecule has 5 N–H and O–H groups in total. The van der Waals surface area contributed by atoms with Crippen molar-refractivity contribution < 1.29 is 24.9 Å². The second kappa shape index (κ2) is 9.62. The Kier molecular flexibility index (Phi) is 7.66. The lowest BCUT2D eigenvalue weighted by Crippen LogP contribution is -2.64. The van der Waals surface area contributed by atoms with Gasteiger partial charge in [-0.2, -0.15) is 0 Å². The molecule has 3 aliphatic rings. The van der Waals surface area contributed by atoms with E-state index in [0.29, 0.717) is 5.92 Å². The van der Waals surface area contributed by atoms with E-state index in [1.165, 1.54) is 37.4 Å². The molecule has 0 bridgehead atoms. The topological polar surface area (TPSA) is 111 Å². The zero-order valence-electron chi connectivity index (χ0n) is 17.1. The van der Waals surface area contributed by atoms with Crippen molar-refractivity contribution in [2.75, 3.05) is 12.8 Å². The van der Waals surface area contributed by atoms with Gasteiger partial charge in [0.2, 0.25) is 5.91 Å². The van der Waals surface area contributed by atoms with Crippen LogP contribution < -0.4 is 10.6 Å². The van der Waals surface area contributed by atoms with Gasteiger partial charge in [-0.05, 0) is 43.4 Å². The van der Waals surface area contributed by atoms with Crippen molar-refractivity contribution in [1.82, 2.24) is 10.6 Å². The Hall–Kier alpha value is -0.380. The third kappa shape index (κ3) is 5.21. The second-order valence-electron chi connectivity index (χ2n) is 9.04. The van der Waals surface area contributed by atoms with Crippen LogP contribution in [0.15, 0.2) is 0 Å².